The summed E-state index contributed by atoms with van der Waals surface area (Å²) in [6.45, 7) is 0. The summed E-state index contributed by atoms with van der Waals surface area (Å²) in [5.74, 6) is -0.390. The van der Waals surface area contributed by atoms with Gasteiger partial charge in [-0.3, -0.25) is 4.79 Å². The van der Waals surface area contributed by atoms with Gasteiger partial charge in [0.1, 0.15) is 5.69 Å². The van der Waals surface area contributed by atoms with Gasteiger partial charge in [0.25, 0.3) is 5.91 Å². The van der Waals surface area contributed by atoms with Gasteiger partial charge in [-0.1, -0.05) is 17.7 Å². The van der Waals surface area contributed by atoms with Crippen molar-refractivity contribution in [1.82, 2.24) is 4.98 Å². The van der Waals surface area contributed by atoms with E-state index in [1.807, 2.05) is 0 Å². The van der Waals surface area contributed by atoms with Gasteiger partial charge in [0.15, 0.2) is 0 Å². The van der Waals surface area contributed by atoms with Gasteiger partial charge in [0.05, 0.1) is 0 Å². The van der Waals surface area contributed by atoms with E-state index < -0.39 is 17.8 Å². The molecule has 0 radical (unpaired) electrons. The molecule has 0 aliphatic heterocycles. The lowest BCUT2D eigenvalue weighted by Crippen LogP contribution is -2.11. The predicted molar refractivity (Wildman–Crippen MR) is 82.7 cm³/mol. The third-order valence-corrected chi connectivity index (χ3v) is 3.51. The first-order valence-corrected chi connectivity index (χ1v) is 6.97. The molecular formula is C16H10ClF3N2O. The molecule has 2 N–H and O–H groups in total. The van der Waals surface area contributed by atoms with Crippen LogP contribution in [0.5, 0.6) is 0 Å². The van der Waals surface area contributed by atoms with Crippen LogP contribution >= 0.6 is 11.6 Å². The molecule has 0 aliphatic carbocycles. The largest absolute Gasteiger partial charge is 0.431 e. The SMILES string of the molecule is O=C(Nc1ccc2[nH]c(C(F)(F)F)cc2c1)c1cccc(Cl)c1. The average molecular weight is 339 g/mol. The molecule has 1 amide bonds. The zero-order chi connectivity index (χ0) is 16.6. The summed E-state index contributed by atoms with van der Waals surface area (Å²) in [4.78, 5) is 14.4. The lowest BCUT2D eigenvalue weighted by molar-refractivity contribution is -0.140. The van der Waals surface area contributed by atoms with Crippen LogP contribution in [-0.2, 0) is 6.18 Å². The van der Waals surface area contributed by atoms with Crippen molar-refractivity contribution in [3.05, 3.63) is 64.8 Å². The number of carbonyl (C=O) groups is 1. The summed E-state index contributed by atoms with van der Waals surface area (Å²) in [7, 11) is 0. The number of fused-ring (bicyclic) bond motifs is 1. The predicted octanol–water partition coefficient (Wildman–Crippen LogP) is 5.09. The van der Waals surface area contributed by atoms with Gasteiger partial charge in [-0.05, 0) is 42.5 Å². The van der Waals surface area contributed by atoms with Crippen molar-refractivity contribution < 1.29 is 18.0 Å². The number of halogens is 4. The Balaban J connectivity index is 1.87. The summed E-state index contributed by atoms with van der Waals surface area (Å²) in [5, 5.41) is 3.42. The molecule has 2 aromatic carbocycles. The number of anilines is 1. The number of hydrogen-bond acceptors (Lipinski definition) is 1. The van der Waals surface area contributed by atoms with Crippen molar-refractivity contribution in [2.75, 3.05) is 5.32 Å². The van der Waals surface area contributed by atoms with E-state index in [1.54, 1.807) is 18.2 Å². The van der Waals surface area contributed by atoms with Crippen LogP contribution in [0.15, 0.2) is 48.5 Å². The summed E-state index contributed by atoms with van der Waals surface area (Å²) in [6, 6.07) is 11.9. The molecule has 0 aliphatic rings. The Morgan fingerprint density at radius 1 is 1.09 bits per heavy atom. The Hall–Kier alpha value is -2.47. The van der Waals surface area contributed by atoms with E-state index in [4.69, 9.17) is 11.6 Å². The Morgan fingerprint density at radius 3 is 2.57 bits per heavy atom. The average Bonchev–Trinajstić information content (AvgIpc) is 2.90. The third-order valence-electron chi connectivity index (χ3n) is 3.27. The first-order valence-electron chi connectivity index (χ1n) is 6.60. The Bertz CT molecular complexity index is 886. The Kier molecular flexibility index (Phi) is 3.77. The maximum atomic E-state index is 12.7. The zero-order valence-electron chi connectivity index (χ0n) is 11.5. The van der Waals surface area contributed by atoms with Crippen LogP contribution in [0, 0.1) is 0 Å². The fourth-order valence-corrected chi connectivity index (χ4v) is 2.39. The van der Waals surface area contributed by atoms with E-state index in [9.17, 15) is 18.0 Å². The zero-order valence-corrected chi connectivity index (χ0v) is 12.3. The Labute approximate surface area is 134 Å². The molecule has 7 heteroatoms. The summed E-state index contributed by atoms with van der Waals surface area (Å²) in [6.07, 6.45) is -4.44. The molecule has 0 saturated heterocycles. The number of amides is 1. The van der Waals surface area contributed by atoms with Gasteiger partial charge in [0.2, 0.25) is 0 Å². The second-order valence-corrected chi connectivity index (χ2v) is 5.38. The van der Waals surface area contributed by atoms with Crippen LogP contribution < -0.4 is 5.32 Å². The van der Waals surface area contributed by atoms with Crippen molar-refractivity contribution in [2.45, 2.75) is 6.18 Å². The first kappa shape index (κ1) is 15.4. The van der Waals surface area contributed by atoms with E-state index in [2.05, 4.69) is 10.3 Å². The summed E-state index contributed by atoms with van der Waals surface area (Å²) in [5.41, 5.74) is 0.279. The normalized spacial score (nSPS) is 11.7. The van der Waals surface area contributed by atoms with E-state index in [0.29, 0.717) is 27.2 Å². The van der Waals surface area contributed by atoms with E-state index in [1.165, 1.54) is 24.3 Å². The highest BCUT2D eigenvalue weighted by atomic mass is 35.5. The van der Waals surface area contributed by atoms with E-state index in [0.717, 1.165) is 6.07 Å². The second-order valence-electron chi connectivity index (χ2n) is 4.95. The summed E-state index contributed by atoms with van der Waals surface area (Å²) >= 11 is 5.82. The summed E-state index contributed by atoms with van der Waals surface area (Å²) < 4.78 is 38.0. The fraction of sp³-hybridized carbons (Fsp3) is 0.0625. The molecule has 1 heterocycles. The highest BCUT2D eigenvalue weighted by Gasteiger charge is 2.32. The monoisotopic (exact) mass is 338 g/mol. The minimum Gasteiger partial charge on any atom is -0.351 e. The molecule has 0 unspecified atom stereocenters. The maximum absolute atomic E-state index is 12.7. The lowest BCUT2D eigenvalue weighted by atomic mass is 10.2. The van der Waals surface area contributed by atoms with Crippen LogP contribution in [0.1, 0.15) is 16.1 Å². The molecule has 23 heavy (non-hydrogen) atoms. The number of aromatic nitrogens is 1. The quantitative estimate of drug-likeness (QED) is 0.671. The minimum absolute atomic E-state index is 0.345. The van der Waals surface area contributed by atoms with Crippen LogP contribution in [0.3, 0.4) is 0 Å². The van der Waals surface area contributed by atoms with Crippen LogP contribution in [-0.4, -0.2) is 10.9 Å². The van der Waals surface area contributed by atoms with Crippen LogP contribution in [0.25, 0.3) is 10.9 Å². The standard InChI is InChI=1S/C16H10ClF3N2O/c17-11-3-1-2-9(6-11)15(23)21-12-4-5-13-10(7-12)8-14(22-13)16(18,19)20/h1-8,22H,(H,21,23). The molecule has 1 aromatic heterocycles. The number of carbonyl (C=O) groups excluding carboxylic acids is 1. The van der Waals surface area contributed by atoms with Crippen molar-refractivity contribution in [1.29, 1.82) is 0 Å². The van der Waals surface area contributed by atoms with Gasteiger partial charge in [-0.25, -0.2) is 0 Å². The molecule has 0 bridgehead atoms. The highest BCUT2D eigenvalue weighted by molar-refractivity contribution is 6.31. The van der Waals surface area contributed by atoms with Gasteiger partial charge < -0.3 is 10.3 Å². The van der Waals surface area contributed by atoms with Crippen LogP contribution in [0.4, 0.5) is 18.9 Å². The van der Waals surface area contributed by atoms with Gasteiger partial charge >= 0.3 is 6.18 Å². The van der Waals surface area contributed by atoms with E-state index in [-0.39, 0.29) is 0 Å². The first-order chi connectivity index (χ1) is 10.8. The van der Waals surface area contributed by atoms with E-state index >= 15 is 0 Å². The minimum atomic E-state index is -4.44. The topological polar surface area (TPSA) is 44.9 Å². The lowest BCUT2D eigenvalue weighted by Gasteiger charge is -2.05. The van der Waals surface area contributed by atoms with Gasteiger partial charge in [-0.2, -0.15) is 13.2 Å². The molecule has 3 nitrogen and oxygen atoms in total. The molecule has 0 fully saturated rings. The number of aromatic amines is 1. The van der Waals surface area contributed by atoms with Crippen LogP contribution in [0.2, 0.25) is 5.02 Å². The molecular weight excluding hydrogens is 329 g/mol. The second kappa shape index (κ2) is 5.62. The molecule has 0 atom stereocenters. The number of nitrogens with one attached hydrogen (secondary N) is 2. The highest BCUT2D eigenvalue weighted by Crippen LogP contribution is 2.32. The smallest absolute Gasteiger partial charge is 0.351 e. The number of H-pyrrole nitrogens is 1. The van der Waals surface area contributed by atoms with Crippen molar-refractivity contribution in [2.24, 2.45) is 0 Å². The molecule has 0 saturated carbocycles. The Morgan fingerprint density at radius 2 is 1.87 bits per heavy atom. The van der Waals surface area contributed by atoms with Crippen molar-refractivity contribution in [3.63, 3.8) is 0 Å². The van der Waals surface area contributed by atoms with Crippen molar-refractivity contribution >= 4 is 34.1 Å². The molecule has 3 rings (SSSR count). The maximum Gasteiger partial charge on any atom is 0.431 e. The number of benzene rings is 2. The number of rotatable bonds is 2. The van der Waals surface area contributed by atoms with Crippen molar-refractivity contribution in [3.8, 4) is 0 Å². The number of hydrogen-bond donors (Lipinski definition) is 2. The molecule has 118 valence electrons. The third kappa shape index (κ3) is 3.32. The fourth-order valence-electron chi connectivity index (χ4n) is 2.20. The molecule has 3 aromatic rings. The van der Waals surface area contributed by atoms with Gasteiger partial charge in [-0.15, -0.1) is 0 Å². The number of alkyl halides is 3. The molecule has 0 spiro atoms. The van der Waals surface area contributed by atoms with Gasteiger partial charge in [0, 0.05) is 27.2 Å².